The number of carbonyl (C=O) groups excluding carboxylic acids is 3. The molecule has 0 spiro atoms. The van der Waals surface area contributed by atoms with Crippen LogP contribution < -0.4 is 0 Å². The Bertz CT molecular complexity index is 555. The first kappa shape index (κ1) is 16.5. The Kier molecular flexibility index (Phi) is 4.84. The molecule has 0 aromatic carbocycles. The Morgan fingerprint density at radius 2 is 1.68 bits per heavy atom. The number of esters is 2. The number of fused-ring (bicyclic) bond motifs is 1. The van der Waals surface area contributed by atoms with Gasteiger partial charge >= 0.3 is 11.9 Å². The van der Waals surface area contributed by atoms with Gasteiger partial charge in [-0.1, -0.05) is 19.9 Å². The maximum Gasteiger partial charge on any atom is 0.334 e. The molecule has 2 rings (SSSR count). The van der Waals surface area contributed by atoms with Crippen LogP contribution >= 0.6 is 0 Å². The first-order valence-corrected chi connectivity index (χ1v) is 7.52. The van der Waals surface area contributed by atoms with E-state index in [9.17, 15) is 14.4 Å². The van der Waals surface area contributed by atoms with E-state index >= 15 is 0 Å². The lowest BCUT2D eigenvalue weighted by atomic mass is 9.78. The van der Waals surface area contributed by atoms with Crippen molar-refractivity contribution in [2.75, 3.05) is 14.2 Å². The molecule has 0 saturated heterocycles. The lowest BCUT2D eigenvalue weighted by Crippen LogP contribution is -2.25. The van der Waals surface area contributed by atoms with E-state index in [1.807, 2.05) is 19.9 Å². The van der Waals surface area contributed by atoms with Crippen LogP contribution in [0, 0.1) is 23.7 Å². The summed E-state index contributed by atoms with van der Waals surface area (Å²) in [6.07, 6.45) is 4.35. The number of methoxy groups -OCH3 is 2. The summed E-state index contributed by atoms with van der Waals surface area (Å²) in [7, 11) is 2.65. The van der Waals surface area contributed by atoms with Gasteiger partial charge in [0.25, 0.3) is 0 Å². The van der Waals surface area contributed by atoms with E-state index in [2.05, 4.69) is 0 Å². The molecule has 2 aliphatic rings. The average molecular weight is 306 g/mol. The van der Waals surface area contributed by atoms with Gasteiger partial charge in [-0.25, -0.2) is 9.59 Å². The molecule has 0 heterocycles. The van der Waals surface area contributed by atoms with Crippen molar-refractivity contribution < 1.29 is 23.9 Å². The van der Waals surface area contributed by atoms with Crippen LogP contribution in [0.4, 0.5) is 0 Å². The molecule has 0 aromatic heterocycles. The molecule has 3 unspecified atom stereocenters. The van der Waals surface area contributed by atoms with Crippen LogP contribution in [-0.2, 0) is 23.9 Å². The number of hydrogen-bond donors (Lipinski definition) is 0. The van der Waals surface area contributed by atoms with Gasteiger partial charge in [-0.15, -0.1) is 0 Å². The molecule has 5 nitrogen and oxygen atoms in total. The number of ether oxygens (including phenoxy) is 2. The second-order valence-corrected chi connectivity index (χ2v) is 6.18. The number of rotatable bonds is 3. The standard InChI is InChI=1S/C17H22O5/c1-9(2)12-7-13-10(5-6-11(13)16(19)21-3)14(8-15(12)18)17(20)22-4/h6,8-10,12-13H,5,7H2,1-4H3. The number of hydrogen-bond acceptors (Lipinski definition) is 5. The van der Waals surface area contributed by atoms with Gasteiger partial charge in [0, 0.05) is 23.0 Å². The third-order valence-electron chi connectivity index (χ3n) is 4.69. The molecule has 0 radical (unpaired) electrons. The monoisotopic (exact) mass is 306 g/mol. The van der Waals surface area contributed by atoms with E-state index in [-0.39, 0.29) is 35.4 Å². The quantitative estimate of drug-likeness (QED) is 0.747. The molecule has 2 aliphatic carbocycles. The molecule has 0 amide bonds. The lowest BCUT2D eigenvalue weighted by Gasteiger charge is -2.25. The van der Waals surface area contributed by atoms with Gasteiger partial charge < -0.3 is 9.47 Å². The van der Waals surface area contributed by atoms with Gasteiger partial charge in [-0.05, 0) is 30.8 Å². The molecular weight excluding hydrogens is 284 g/mol. The Morgan fingerprint density at radius 3 is 2.23 bits per heavy atom. The topological polar surface area (TPSA) is 69.7 Å². The summed E-state index contributed by atoms with van der Waals surface area (Å²) >= 11 is 0. The minimum absolute atomic E-state index is 0.0611. The van der Waals surface area contributed by atoms with E-state index in [0.29, 0.717) is 24.0 Å². The lowest BCUT2D eigenvalue weighted by molar-refractivity contribution is -0.138. The Morgan fingerprint density at radius 1 is 1.09 bits per heavy atom. The fraction of sp³-hybridized carbons (Fsp3) is 0.588. The number of carbonyl (C=O) groups is 3. The first-order valence-electron chi connectivity index (χ1n) is 7.52. The highest BCUT2D eigenvalue weighted by Crippen LogP contribution is 2.44. The molecule has 22 heavy (non-hydrogen) atoms. The SMILES string of the molecule is COC(=O)C1=CC(=O)C(C(C)C)CC2C(C(=O)OC)=CCC12. The minimum atomic E-state index is -0.493. The van der Waals surface area contributed by atoms with Crippen molar-refractivity contribution in [1.29, 1.82) is 0 Å². The van der Waals surface area contributed by atoms with Gasteiger partial charge in [0.2, 0.25) is 0 Å². The third-order valence-corrected chi connectivity index (χ3v) is 4.69. The van der Waals surface area contributed by atoms with Gasteiger partial charge in [0.1, 0.15) is 0 Å². The molecule has 0 N–H and O–H groups in total. The van der Waals surface area contributed by atoms with Gasteiger partial charge in [-0.2, -0.15) is 0 Å². The maximum absolute atomic E-state index is 12.4. The summed E-state index contributed by atoms with van der Waals surface area (Å²) in [6.45, 7) is 3.95. The molecule has 0 saturated carbocycles. The van der Waals surface area contributed by atoms with Crippen molar-refractivity contribution in [3.8, 4) is 0 Å². The first-order chi connectivity index (χ1) is 10.4. The van der Waals surface area contributed by atoms with Crippen molar-refractivity contribution in [2.45, 2.75) is 26.7 Å². The van der Waals surface area contributed by atoms with Crippen LogP contribution in [0.3, 0.4) is 0 Å². The zero-order valence-electron chi connectivity index (χ0n) is 13.4. The predicted octanol–water partition coefficient (Wildman–Crippen LogP) is 2.07. The number of allylic oxidation sites excluding steroid dienone is 2. The summed E-state index contributed by atoms with van der Waals surface area (Å²) in [5.74, 6) is -1.36. The normalized spacial score (nSPS) is 27.7. The second-order valence-electron chi connectivity index (χ2n) is 6.18. The summed E-state index contributed by atoms with van der Waals surface area (Å²) in [4.78, 5) is 36.5. The third kappa shape index (κ3) is 2.85. The second kappa shape index (κ2) is 6.46. The molecule has 0 bridgehead atoms. The Balaban J connectivity index is 2.43. The summed E-state index contributed by atoms with van der Waals surface area (Å²) in [5.41, 5.74) is 0.943. The molecule has 3 atom stereocenters. The highest BCUT2D eigenvalue weighted by molar-refractivity contribution is 6.02. The smallest absolute Gasteiger partial charge is 0.334 e. The average Bonchev–Trinajstić information content (AvgIpc) is 2.84. The predicted molar refractivity (Wildman–Crippen MR) is 79.7 cm³/mol. The highest BCUT2D eigenvalue weighted by atomic mass is 16.5. The van der Waals surface area contributed by atoms with Crippen LogP contribution in [0.2, 0.25) is 0 Å². The van der Waals surface area contributed by atoms with Crippen molar-refractivity contribution in [2.24, 2.45) is 23.7 Å². The van der Waals surface area contributed by atoms with Crippen LogP contribution in [-0.4, -0.2) is 31.9 Å². The zero-order valence-corrected chi connectivity index (χ0v) is 13.4. The van der Waals surface area contributed by atoms with Gasteiger partial charge in [0.15, 0.2) is 5.78 Å². The molecule has 5 heteroatoms. The zero-order chi connectivity index (χ0) is 16.4. The van der Waals surface area contributed by atoms with Crippen molar-refractivity contribution in [1.82, 2.24) is 0 Å². The maximum atomic E-state index is 12.4. The fourth-order valence-corrected chi connectivity index (χ4v) is 3.46. The van der Waals surface area contributed by atoms with E-state index in [0.717, 1.165) is 0 Å². The molecule has 0 fully saturated rings. The van der Waals surface area contributed by atoms with Crippen molar-refractivity contribution in [3.63, 3.8) is 0 Å². The molecule has 0 aromatic rings. The van der Waals surface area contributed by atoms with E-state index < -0.39 is 5.97 Å². The molecule has 120 valence electrons. The van der Waals surface area contributed by atoms with E-state index in [1.165, 1.54) is 20.3 Å². The van der Waals surface area contributed by atoms with Crippen molar-refractivity contribution in [3.05, 3.63) is 23.3 Å². The molecular formula is C17H22O5. The summed E-state index contributed by atoms with van der Waals surface area (Å²) in [5, 5.41) is 0. The summed E-state index contributed by atoms with van der Waals surface area (Å²) < 4.78 is 9.66. The largest absolute Gasteiger partial charge is 0.466 e. The van der Waals surface area contributed by atoms with Gasteiger partial charge in [-0.3, -0.25) is 4.79 Å². The van der Waals surface area contributed by atoms with Gasteiger partial charge in [0.05, 0.1) is 14.2 Å². The molecule has 0 aliphatic heterocycles. The highest BCUT2D eigenvalue weighted by Gasteiger charge is 2.43. The van der Waals surface area contributed by atoms with Crippen LogP contribution in [0.1, 0.15) is 26.7 Å². The van der Waals surface area contributed by atoms with Crippen LogP contribution in [0.5, 0.6) is 0 Å². The van der Waals surface area contributed by atoms with Crippen LogP contribution in [0.25, 0.3) is 0 Å². The minimum Gasteiger partial charge on any atom is -0.466 e. The van der Waals surface area contributed by atoms with E-state index in [1.54, 1.807) is 0 Å². The summed E-state index contributed by atoms with van der Waals surface area (Å²) in [6, 6.07) is 0. The van der Waals surface area contributed by atoms with Crippen LogP contribution in [0.15, 0.2) is 23.3 Å². The van der Waals surface area contributed by atoms with Crippen molar-refractivity contribution >= 4 is 17.7 Å². The van der Waals surface area contributed by atoms with E-state index in [4.69, 9.17) is 9.47 Å². The fourth-order valence-electron chi connectivity index (χ4n) is 3.46. The Hall–Kier alpha value is -1.91. The number of ketones is 1. The Labute approximate surface area is 130 Å².